The summed E-state index contributed by atoms with van der Waals surface area (Å²) in [5, 5.41) is 3.07. The molecule has 0 bridgehead atoms. The van der Waals surface area contributed by atoms with Crippen LogP contribution in [0.3, 0.4) is 0 Å². The monoisotopic (exact) mass is 271 g/mol. The van der Waals surface area contributed by atoms with E-state index in [-0.39, 0.29) is 11.9 Å². The number of aryl methyl sites for hydroxylation is 1. The summed E-state index contributed by atoms with van der Waals surface area (Å²) >= 11 is 0. The zero-order valence-electron chi connectivity index (χ0n) is 11.3. The van der Waals surface area contributed by atoms with Crippen molar-refractivity contribution in [1.29, 1.82) is 0 Å². The molecular weight excluding hydrogens is 254 g/mol. The maximum Gasteiger partial charge on any atom is 0.251 e. The van der Waals surface area contributed by atoms with E-state index in [1.54, 1.807) is 25.6 Å². The standard InChI is InChI=1S/C15H17N3O2/c1-20-12-4-2-3-10(7-12)15(19)18-11-5-6-13-14(8-11)17-9-16-13/h2-4,7,9,11H,5-6,8H2,1H3,(H,16,17)(H,18,19)/t11-/m0/s1. The molecule has 20 heavy (non-hydrogen) atoms. The minimum atomic E-state index is -0.0585. The first kappa shape index (κ1) is 12.7. The van der Waals surface area contributed by atoms with E-state index >= 15 is 0 Å². The third kappa shape index (κ3) is 2.52. The molecule has 5 nitrogen and oxygen atoms in total. The van der Waals surface area contributed by atoms with E-state index < -0.39 is 0 Å². The van der Waals surface area contributed by atoms with Gasteiger partial charge in [0.2, 0.25) is 0 Å². The number of benzene rings is 1. The summed E-state index contributed by atoms with van der Waals surface area (Å²) in [6.07, 6.45) is 4.36. The van der Waals surface area contributed by atoms with Gasteiger partial charge in [-0.3, -0.25) is 4.79 Å². The van der Waals surface area contributed by atoms with Gasteiger partial charge in [-0.05, 0) is 31.0 Å². The number of imidazole rings is 1. The quantitative estimate of drug-likeness (QED) is 0.893. The number of rotatable bonds is 3. The van der Waals surface area contributed by atoms with Crippen LogP contribution in [0.15, 0.2) is 30.6 Å². The van der Waals surface area contributed by atoms with E-state index in [1.807, 2.05) is 12.1 Å². The Morgan fingerprint density at radius 1 is 1.50 bits per heavy atom. The molecule has 1 atom stereocenters. The Bertz CT molecular complexity index is 621. The normalized spacial score (nSPS) is 17.4. The van der Waals surface area contributed by atoms with Gasteiger partial charge in [-0.25, -0.2) is 4.98 Å². The molecule has 0 fully saturated rings. The van der Waals surface area contributed by atoms with E-state index in [0.717, 1.165) is 30.7 Å². The minimum absolute atomic E-state index is 0.0585. The zero-order chi connectivity index (χ0) is 13.9. The summed E-state index contributed by atoms with van der Waals surface area (Å²) < 4.78 is 5.14. The third-order valence-corrected chi connectivity index (χ3v) is 3.65. The van der Waals surface area contributed by atoms with E-state index in [0.29, 0.717) is 11.3 Å². The molecule has 0 spiro atoms. The molecule has 0 aliphatic heterocycles. The van der Waals surface area contributed by atoms with Gasteiger partial charge in [-0.15, -0.1) is 0 Å². The highest BCUT2D eigenvalue weighted by Crippen LogP contribution is 2.18. The van der Waals surface area contributed by atoms with E-state index in [2.05, 4.69) is 15.3 Å². The lowest BCUT2D eigenvalue weighted by molar-refractivity contribution is 0.0933. The molecule has 3 rings (SSSR count). The van der Waals surface area contributed by atoms with Crippen LogP contribution in [-0.2, 0) is 12.8 Å². The fraction of sp³-hybridized carbons (Fsp3) is 0.333. The lowest BCUT2D eigenvalue weighted by Crippen LogP contribution is -2.38. The van der Waals surface area contributed by atoms with Gasteiger partial charge in [0.1, 0.15) is 5.75 Å². The summed E-state index contributed by atoms with van der Waals surface area (Å²) in [5.74, 6) is 0.633. The molecule has 1 aliphatic carbocycles. The largest absolute Gasteiger partial charge is 0.497 e. The van der Waals surface area contributed by atoms with Gasteiger partial charge < -0.3 is 15.0 Å². The van der Waals surface area contributed by atoms with Crippen molar-refractivity contribution in [2.24, 2.45) is 0 Å². The Hall–Kier alpha value is -2.30. The molecule has 0 radical (unpaired) electrons. The number of carbonyl (C=O) groups is 1. The number of nitrogens with zero attached hydrogens (tertiary/aromatic N) is 1. The summed E-state index contributed by atoms with van der Waals surface area (Å²) in [6, 6.07) is 7.35. The average molecular weight is 271 g/mol. The predicted octanol–water partition coefficient (Wildman–Crippen LogP) is 1.71. The Kier molecular flexibility index (Phi) is 3.41. The Morgan fingerprint density at radius 3 is 3.25 bits per heavy atom. The highest BCUT2D eigenvalue weighted by Gasteiger charge is 2.22. The number of nitrogens with one attached hydrogen (secondary N) is 2. The molecule has 1 aromatic carbocycles. The summed E-state index contributed by atoms with van der Waals surface area (Å²) in [5.41, 5.74) is 2.88. The maximum absolute atomic E-state index is 12.2. The van der Waals surface area contributed by atoms with Crippen LogP contribution < -0.4 is 10.1 Å². The molecule has 1 heterocycles. The lowest BCUT2D eigenvalue weighted by Gasteiger charge is -2.22. The number of carbonyl (C=O) groups excluding carboxylic acids is 1. The van der Waals surface area contributed by atoms with Crippen LogP contribution in [0.25, 0.3) is 0 Å². The van der Waals surface area contributed by atoms with Gasteiger partial charge in [0, 0.05) is 23.7 Å². The molecule has 104 valence electrons. The molecular formula is C15H17N3O2. The summed E-state index contributed by atoms with van der Waals surface area (Å²) in [4.78, 5) is 19.6. The van der Waals surface area contributed by atoms with Gasteiger partial charge in [0.15, 0.2) is 0 Å². The van der Waals surface area contributed by atoms with Crippen molar-refractivity contribution in [3.8, 4) is 5.75 Å². The molecule has 2 aromatic rings. The van der Waals surface area contributed by atoms with E-state index in [4.69, 9.17) is 4.74 Å². The molecule has 0 saturated heterocycles. The van der Waals surface area contributed by atoms with Crippen molar-refractivity contribution in [2.45, 2.75) is 25.3 Å². The highest BCUT2D eigenvalue weighted by atomic mass is 16.5. The molecule has 0 unspecified atom stereocenters. The third-order valence-electron chi connectivity index (χ3n) is 3.65. The highest BCUT2D eigenvalue weighted by molar-refractivity contribution is 5.94. The van der Waals surface area contributed by atoms with Crippen LogP contribution >= 0.6 is 0 Å². The number of amides is 1. The number of hydrogen-bond donors (Lipinski definition) is 2. The molecule has 2 N–H and O–H groups in total. The van der Waals surface area contributed by atoms with E-state index in [1.165, 1.54) is 0 Å². The number of hydrogen-bond acceptors (Lipinski definition) is 3. The smallest absolute Gasteiger partial charge is 0.251 e. The topological polar surface area (TPSA) is 67.0 Å². The van der Waals surface area contributed by atoms with Crippen molar-refractivity contribution < 1.29 is 9.53 Å². The molecule has 5 heteroatoms. The number of fused-ring (bicyclic) bond motifs is 1. The Labute approximate surface area is 117 Å². The van der Waals surface area contributed by atoms with Crippen molar-refractivity contribution in [3.63, 3.8) is 0 Å². The fourth-order valence-electron chi connectivity index (χ4n) is 2.56. The fourth-order valence-corrected chi connectivity index (χ4v) is 2.56. The second-order valence-corrected chi connectivity index (χ2v) is 4.97. The van der Waals surface area contributed by atoms with Gasteiger partial charge in [0.25, 0.3) is 5.91 Å². The Morgan fingerprint density at radius 2 is 2.40 bits per heavy atom. The first-order valence-corrected chi connectivity index (χ1v) is 6.72. The molecule has 1 aliphatic rings. The molecule has 1 amide bonds. The SMILES string of the molecule is COc1cccc(C(=O)N[C@H]2CCc3nc[nH]c3C2)c1. The first-order chi connectivity index (χ1) is 9.76. The van der Waals surface area contributed by atoms with Crippen LogP contribution in [0.4, 0.5) is 0 Å². The van der Waals surface area contributed by atoms with Gasteiger partial charge in [-0.2, -0.15) is 0 Å². The second kappa shape index (κ2) is 5.36. The number of methoxy groups -OCH3 is 1. The zero-order valence-corrected chi connectivity index (χ0v) is 11.3. The van der Waals surface area contributed by atoms with E-state index in [9.17, 15) is 4.79 Å². The van der Waals surface area contributed by atoms with Crippen LogP contribution in [0, 0.1) is 0 Å². The molecule has 1 aromatic heterocycles. The minimum Gasteiger partial charge on any atom is -0.497 e. The average Bonchev–Trinajstić information content (AvgIpc) is 2.95. The van der Waals surface area contributed by atoms with Crippen molar-refractivity contribution in [1.82, 2.24) is 15.3 Å². The van der Waals surface area contributed by atoms with Crippen LogP contribution in [0.2, 0.25) is 0 Å². The Balaban J connectivity index is 1.67. The second-order valence-electron chi connectivity index (χ2n) is 4.97. The number of aromatic amines is 1. The van der Waals surface area contributed by atoms with Gasteiger partial charge in [0.05, 0.1) is 19.1 Å². The van der Waals surface area contributed by atoms with Crippen LogP contribution in [-0.4, -0.2) is 29.0 Å². The van der Waals surface area contributed by atoms with Gasteiger partial charge >= 0.3 is 0 Å². The maximum atomic E-state index is 12.2. The van der Waals surface area contributed by atoms with Crippen molar-refractivity contribution >= 4 is 5.91 Å². The lowest BCUT2D eigenvalue weighted by atomic mass is 9.96. The van der Waals surface area contributed by atoms with Crippen LogP contribution in [0.1, 0.15) is 28.2 Å². The summed E-state index contributed by atoms with van der Waals surface area (Å²) in [7, 11) is 1.60. The first-order valence-electron chi connectivity index (χ1n) is 6.72. The van der Waals surface area contributed by atoms with Crippen molar-refractivity contribution in [3.05, 3.63) is 47.5 Å². The summed E-state index contributed by atoms with van der Waals surface area (Å²) in [6.45, 7) is 0. The number of ether oxygens (including phenoxy) is 1. The number of aromatic nitrogens is 2. The number of H-pyrrole nitrogens is 1. The predicted molar refractivity (Wildman–Crippen MR) is 74.9 cm³/mol. The van der Waals surface area contributed by atoms with Crippen molar-refractivity contribution in [2.75, 3.05) is 7.11 Å². The van der Waals surface area contributed by atoms with Crippen LogP contribution in [0.5, 0.6) is 5.75 Å². The molecule has 0 saturated carbocycles. The van der Waals surface area contributed by atoms with Gasteiger partial charge in [-0.1, -0.05) is 6.07 Å².